The van der Waals surface area contributed by atoms with Gasteiger partial charge in [0.15, 0.2) is 11.5 Å². The maximum Gasteiger partial charge on any atom is 0.266 e. The van der Waals surface area contributed by atoms with Crippen molar-refractivity contribution in [2.75, 3.05) is 7.11 Å². The van der Waals surface area contributed by atoms with E-state index in [-0.39, 0.29) is 11.9 Å². The zero-order valence-electron chi connectivity index (χ0n) is 15.6. The van der Waals surface area contributed by atoms with E-state index in [4.69, 9.17) is 15.5 Å². The first-order valence-electron chi connectivity index (χ1n) is 9.06. The molecule has 3 aromatic carbocycles. The Morgan fingerprint density at radius 2 is 1.43 bits per heavy atom. The molecular formula is C23H21N3O2. The molecule has 140 valence electrons. The van der Waals surface area contributed by atoms with Gasteiger partial charge in [-0.15, -0.1) is 0 Å². The average Bonchev–Trinajstić information content (AvgIpc) is 3.01. The summed E-state index contributed by atoms with van der Waals surface area (Å²) >= 11 is 0. The van der Waals surface area contributed by atoms with Crippen LogP contribution in [-0.2, 0) is 16.9 Å². The molecule has 4 rings (SSSR count). The molecule has 0 bridgehead atoms. The van der Waals surface area contributed by atoms with Gasteiger partial charge in [-0.3, -0.25) is 9.69 Å². The molecule has 3 aromatic rings. The summed E-state index contributed by atoms with van der Waals surface area (Å²) in [7, 11) is 1.62. The summed E-state index contributed by atoms with van der Waals surface area (Å²) < 4.78 is 5.20. The van der Waals surface area contributed by atoms with Crippen molar-refractivity contribution in [1.29, 1.82) is 0 Å². The molecule has 1 amide bonds. The minimum Gasteiger partial charge on any atom is -0.497 e. The van der Waals surface area contributed by atoms with Crippen molar-refractivity contribution < 1.29 is 9.53 Å². The Morgan fingerprint density at radius 3 is 1.93 bits per heavy atom. The predicted molar refractivity (Wildman–Crippen MR) is 109 cm³/mol. The van der Waals surface area contributed by atoms with Crippen LogP contribution in [0, 0.1) is 0 Å². The van der Waals surface area contributed by atoms with Gasteiger partial charge in [-0.25, -0.2) is 4.99 Å². The maximum atomic E-state index is 13.7. The highest BCUT2D eigenvalue weighted by molar-refractivity contribution is 6.09. The summed E-state index contributed by atoms with van der Waals surface area (Å²) in [5, 5.41) is 0. The Hall–Kier alpha value is -3.60. The second-order valence-electron chi connectivity index (χ2n) is 6.65. The summed E-state index contributed by atoms with van der Waals surface area (Å²) in [5.41, 5.74) is 7.63. The van der Waals surface area contributed by atoms with Crippen molar-refractivity contribution >= 4 is 11.9 Å². The van der Waals surface area contributed by atoms with E-state index in [1.165, 1.54) is 0 Å². The number of carbonyl (C=O) groups excluding carboxylic acids is 1. The molecule has 0 fully saturated rings. The van der Waals surface area contributed by atoms with E-state index >= 15 is 0 Å². The lowest BCUT2D eigenvalue weighted by molar-refractivity contribution is -0.130. The van der Waals surface area contributed by atoms with E-state index < -0.39 is 5.54 Å². The Balaban J connectivity index is 1.76. The lowest BCUT2D eigenvalue weighted by atomic mass is 9.83. The Kier molecular flexibility index (Phi) is 4.57. The number of carbonyl (C=O) groups is 1. The highest BCUT2D eigenvalue weighted by Gasteiger charge is 2.50. The van der Waals surface area contributed by atoms with Crippen LogP contribution < -0.4 is 10.5 Å². The molecule has 5 nitrogen and oxygen atoms in total. The van der Waals surface area contributed by atoms with E-state index in [1.807, 2.05) is 84.9 Å². The fourth-order valence-corrected chi connectivity index (χ4v) is 3.55. The number of ether oxygens (including phenoxy) is 1. The van der Waals surface area contributed by atoms with E-state index in [2.05, 4.69) is 0 Å². The van der Waals surface area contributed by atoms with Crippen molar-refractivity contribution in [1.82, 2.24) is 4.90 Å². The minimum absolute atomic E-state index is 0.154. The zero-order chi connectivity index (χ0) is 19.6. The highest BCUT2D eigenvalue weighted by Crippen LogP contribution is 2.39. The molecule has 0 atom stereocenters. The van der Waals surface area contributed by atoms with Gasteiger partial charge in [-0.05, 0) is 28.8 Å². The minimum atomic E-state index is -1.17. The van der Waals surface area contributed by atoms with Crippen molar-refractivity contribution in [3.8, 4) is 5.75 Å². The van der Waals surface area contributed by atoms with Gasteiger partial charge in [0, 0.05) is 0 Å². The van der Waals surface area contributed by atoms with Gasteiger partial charge in [-0.2, -0.15) is 0 Å². The van der Waals surface area contributed by atoms with Crippen LogP contribution in [0.25, 0.3) is 0 Å². The van der Waals surface area contributed by atoms with E-state index in [9.17, 15) is 4.79 Å². The van der Waals surface area contributed by atoms with Gasteiger partial charge in [0.05, 0.1) is 13.7 Å². The smallest absolute Gasteiger partial charge is 0.266 e. The number of nitrogens with two attached hydrogens (primary N) is 1. The van der Waals surface area contributed by atoms with Crippen LogP contribution in [-0.4, -0.2) is 23.9 Å². The molecule has 1 heterocycles. The van der Waals surface area contributed by atoms with Gasteiger partial charge in [0.2, 0.25) is 0 Å². The maximum absolute atomic E-state index is 13.7. The lowest BCUT2D eigenvalue weighted by Crippen LogP contribution is -2.43. The molecule has 0 aliphatic carbocycles. The molecule has 28 heavy (non-hydrogen) atoms. The van der Waals surface area contributed by atoms with Crippen molar-refractivity contribution in [2.45, 2.75) is 12.1 Å². The molecule has 1 aliphatic heterocycles. The average molecular weight is 371 g/mol. The number of amides is 1. The Bertz CT molecular complexity index is 960. The van der Waals surface area contributed by atoms with Gasteiger partial charge < -0.3 is 10.5 Å². The van der Waals surface area contributed by atoms with Crippen LogP contribution in [0.3, 0.4) is 0 Å². The van der Waals surface area contributed by atoms with Crippen LogP contribution in [0.1, 0.15) is 16.7 Å². The highest BCUT2D eigenvalue weighted by atomic mass is 16.5. The number of hydrogen-bond donors (Lipinski definition) is 1. The number of hydrogen-bond acceptors (Lipinski definition) is 4. The zero-order valence-corrected chi connectivity index (χ0v) is 15.6. The van der Waals surface area contributed by atoms with Crippen LogP contribution in [0.4, 0.5) is 0 Å². The molecule has 0 spiro atoms. The Labute approximate surface area is 164 Å². The molecule has 0 saturated carbocycles. The van der Waals surface area contributed by atoms with Crippen molar-refractivity contribution in [2.24, 2.45) is 10.7 Å². The van der Waals surface area contributed by atoms with Crippen LogP contribution >= 0.6 is 0 Å². The van der Waals surface area contributed by atoms with E-state index in [0.29, 0.717) is 6.54 Å². The fourth-order valence-electron chi connectivity index (χ4n) is 3.55. The monoisotopic (exact) mass is 371 g/mol. The third-order valence-corrected chi connectivity index (χ3v) is 5.00. The number of guanidine groups is 1. The van der Waals surface area contributed by atoms with Crippen LogP contribution in [0.5, 0.6) is 5.75 Å². The second kappa shape index (κ2) is 7.19. The number of rotatable bonds is 5. The van der Waals surface area contributed by atoms with Crippen molar-refractivity contribution in [3.05, 3.63) is 102 Å². The normalized spacial score (nSPS) is 15.4. The predicted octanol–water partition coefficient (Wildman–Crippen LogP) is 3.30. The molecule has 2 N–H and O–H groups in total. The van der Waals surface area contributed by atoms with Crippen LogP contribution in [0.15, 0.2) is 89.9 Å². The van der Waals surface area contributed by atoms with Gasteiger partial charge >= 0.3 is 0 Å². The van der Waals surface area contributed by atoms with Gasteiger partial charge in [0.25, 0.3) is 5.91 Å². The summed E-state index contributed by atoms with van der Waals surface area (Å²) in [5.74, 6) is 0.827. The molecule has 0 saturated heterocycles. The summed E-state index contributed by atoms with van der Waals surface area (Å²) in [4.78, 5) is 19.9. The van der Waals surface area contributed by atoms with E-state index in [0.717, 1.165) is 22.4 Å². The van der Waals surface area contributed by atoms with E-state index in [1.54, 1.807) is 12.0 Å². The van der Waals surface area contributed by atoms with Gasteiger partial charge in [0.1, 0.15) is 5.75 Å². The van der Waals surface area contributed by atoms with Crippen molar-refractivity contribution in [3.63, 3.8) is 0 Å². The number of aliphatic imine (C=N–C) groups is 1. The molecule has 0 aromatic heterocycles. The first-order valence-corrected chi connectivity index (χ1v) is 9.06. The topological polar surface area (TPSA) is 67.9 Å². The number of methoxy groups -OCH3 is 1. The molecule has 1 aliphatic rings. The second-order valence-corrected chi connectivity index (χ2v) is 6.65. The molecule has 0 radical (unpaired) electrons. The summed E-state index contributed by atoms with van der Waals surface area (Å²) in [6.45, 7) is 0.347. The third kappa shape index (κ3) is 2.91. The quantitative estimate of drug-likeness (QED) is 0.748. The largest absolute Gasteiger partial charge is 0.497 e. The molecule has 5 heteroatoms. The summed E-state index contributed by atoms with van der Waals surface area (Å²) in [6, 6.07) is 26.7. The SMILES string of the molecule is COc1ccc(CN2C(=O)C(c3ccccc3)(c3ccccc3)N=C2N)cc1. The standard InChI is InChI=1S/C23H21N3O2/c1-28-20-14-12-17(13-15-20)16-26-21(27)23(25-22(26)24,18-8-4-2-5-9-18)19-10-6-3-7-11-19/h2-15H,16H2,1H3,(H2,24,25). The number of benzene rings is 3. The Morgan fingerprint density at radius 1 is 0.893 bits per heavy atom. The fraction of sp³-hybridized carbons (Fsp3) is 0.130. The third-order valence-electron chi connectivity index (χ3n) is 5.00. The summed E-state index contributed by atoms with van der Waals surface area (Å²) in [6.07, 6.45) is 0. The first-order chi connectivity index (χ1) is 13.6. The molecule has 0 unspecified atom stereocenters. The van der Waals surface area contributed by atoms with Gasteiger partial charge in [-0.1, -0.05) is 72.8 Å². The molecular weight excluding hydrogens is 350 g/mol. The first kappa shape index (κ1) is 17.8. The number of nitrogens with zero attached hydrogens (tertiary/aromatic N) is 2. The lowest BCUT2D eigenvalue weighted by Gasteiger charge is -2.27. The van der Waals surface area contributed by atoms with Crippen LogP contribution in [0.2, 0.25) is 0 Å².